The Morgan fingerprint density at radius 1 is 0.793 bits per heavy atom. The molecule has 0 saturated carbocycles. The van der Waals surface area contributed by atoms with Gasteiger partial charge in [-0.15, -0.1) is 0 Å². The summed E-state index contributed by atoms with van der Waals surface area (Å²) in [6.45, 7) is 0. The fraction of sp³-hybridized carbons (Fsp3) is 0.174. The van der Waals surface area contributed by atoms with Gasteiger partial charge in [0.05, 0.1) is 26.9 Å². The van der Waals surface area contributed by atoms with Crippen molar-refractivity contribution in [1.29, 1.82) is 0 Å². The van der Waals surface area contributed by atoms with E-state index >= 15 is 0 Å². The zero-order chi connectivity index (χ0) is 20.8. The molecule has 1 atom stereocenters. The van der Waals surface area contributed by atoms with Crippen LogP contribution in [0.15, 0.2) is 60.7 Å². The average Bonchev–Trinajstić information content (AvgIpc) is 2.78. The van der Waals surface area contributed by atoms with Gasteiger partial charge in [0, 0.05) is 5.56 Å². The van der Waals surface area contributed by atoms with E-state index in [2.05, 4.69) is 0 Å². The number of hydrogen-bond donors (Lipinski definition) is 1. The lowest BCUT2D eigenvalue weighted by Gasteiger charge is -2.21. The van der Waals surface area contributed by atoms with Crippen molar-refractivity contribution in [2.45, 2.75) is 6.10 Å². The van der Waals surface area contributed by atoms with Crippen LogP contribution in [-0.2, 0) is 0 Å². The number of carbonyl (C=O) groups excluding carboxylic acids is 1. The summed E-state index contributed by atoms with van der Waals surface area (Å²) in [5, 5.41) is 11.0. The number of para-hydroxylation sites is 1. The molecule has 29 heavy (non-hydrogen) atoms. The fourth-order valence-corrected chi connectivity index (χ4v) is 3.08. The Kier molecular flexibility index (Phi) is 6.36. The van der Waals surface area contributed by atoms with Gasteiger partial charge in [-0.25, -0.2) is 0 Å². The van der Waals surface area contributed by atoms with E-state index in [4.69, 9.17) is 18.9 Å². The first-order chi connectivity index (χ1) is 14.1. The van der Waals surface area contributed by atoms with Crippen molar-refractivity contribution in [2.24, 2.45) is 0 Å². The van der Waals surface area contributed by atoms with Gasteiger partial charge in [0.25, 0.3) is 0 Å². The van der Waals surface area contributed by atoms with Crippen LogP contribution >= 0.6 is 0 Å². The summed E-state index contributed by atoms with van der Waals surface area (Å²) in [7, 11) is 4.34. The molecule has 0 saturated heterocycles. The predicted molar refractivity (Wildman–Crippen MR) is 109 cm³/mol. The third-order valence-corrected chi connectivity index (χ3v) is 4.46. The fourth-order valence-electron chi connectivity index (χ4n) is 3.08. The van der Waals surface area contributed by atoms with Crippen LogP contribution in [0.4, 0.5) is 0 Å². The number of aldehydes is 1. The minimum absolute atomic E-state index is 0.248. The summed E-state index contributed by atoms with van der Waals surface area (Å²) in [4.78, 5) is 11.5. The lowest BCUT2D eigenvalue weighted by Crippen LogP contribution is -2.07. The quantitative estimate of drug-likeness (QED) is 0.571. The van der Waals surface area contributed by atoms with Gasteiger partial charge in [-0.3, -0.25) is 4.79 Å². The van der Waals surface area contributed by atoms with Gasteiger partial charge >= 0.3 is 0 Å². The van der Waals surface area contributed by atoms with E-state index in [9.17, 15) is 9.90 Å². The molecule has 0 amide bonds. The molecule has 0 aliphatic carbocycles. The van der Waals surface area contributed by atoms with Gasteiger partial charge < -0.3 is 24.1 Å². The van der Waals surface area contributed by atoms with Gasteiger partial charge in [-0.1, -0.05) is 30.3 Å². The van der Waals surface area contributed by atoms with Crippen molar-refractivity contribution in [2.75, 3.05) is 21.3 Å². The molecule has 3 aromatic carbocycles. The van der Waals surface area contributed by atoms with Crippen LogP contribution in [0.2, 0.25) is 0 Å². The molecule has 1 N–H and O–H groups in total. The summed E-state index contributed by atoms with van der Waals surface area (Å²) in [6, 6.07) is 18.0. The van der Waals surface area contributed by atoms with Gasteiger partial charge in [0.15, 0.2) is 17.8 Å². The second-order valence-electron chi connectivity index (χ2n) is 6.16. The molecule has 150 valence electrons. The first-order valence-electron chi connectivity index (χ1n) is 8.91. The molecular formula is C23H22O6. The van der Waals surface area contributed by atoms with Crippen LogP contribution in [0.5, 0.6) is 28.7 Å². The second-order valence-corrected chi connectivity index (χ2v) is 6.16. The minimum Gasteiger partial charge on any atom is -0.492 e. The normalized spacial score (nSPS) is 11.4. The molecule has 0 spiro atoms. The third-order valence-electron chi connectivity index (χ3n) is 4.46. The Balaban J connectivity index is 1.95. The molecule has 0 aliphatic rings. The largest absolute Gasteiger partial charge is 0.492 e. The highest BCUT2D eigenvalue weighted by Gasteiger charge is 2.25. The molecule has 0 aromatic heterocycles. The Labute approximate surface area is 169 Å². The van der Waals surface area contributed by atoms with E-state index in [1.165, 1.54) is 27.4 Å². The Morgan fingerprint density at radius 2 is 1.38 bits per heavy atom. The highest BCUT2D eigenvalue weighted by atomic mass is 16.5. The third kappa shape index (κ3) is 4.17. The van der Waals surface area contributed by atoms with E-state index in [0.717, 1.165) is 5.75 Å². The van der Waals surface area contributed by atoms with Gasteiger partial charge in [0.1, 0.15) is 17.6 Å². The molecule has 0 bridgehead atoms. The predicted octanol–water partition coefficient (Wildman–Crippen LogP) is 4.40. The zero-order valence-electron chi connectivity index (χ0n) is 16.4. The number of benzene rings is 3. The monoisotopic (exact) mass is 394 g/mol. The van der Waals surface area contributed by atoms with E-state index in [-0.39, 0.29) is 17.1 Å². The smallest absolute Gasteiger partial charge is 0.204 e. The standard InChI is InChI=1S/C23H22O6/c1-26-21-16(14-24)13-19(22(27-2)23(21)28-3)20(25)15-9-11-18(12-10-15)29-17-7-5-4-6-8-17/h4-14,20,25H,1-3H3. The van der Waals surface area contributed by atoms with Crippen molar-refractivity contribution >= 4 is 6.29 Å². The van der Waals surface area contributed by atoms with E-state index < -0.39 is 6.10 Å². The van der Waals surface area contributed by atoms with E-state index in [1.807, 2.05) is 30.3 Å². The number of methoxy groups -OCH3 is 3. The summed E-state index contributed by atoms with van der Waals surface area (Å²) in [6.07, 6.45) is -0.400. The Morgan fingerprint density at radius 3 is 1.93 bits per heavy atom. The second kappa shape index (κ2) is 9.12. The van der Waals surface area contributed by atoms with Crippen LogP contribution in [0, 0.1) is 0 Å². The molecule has 6 heteroatoms. The number of aliphatic hydroxyl groups excluding tert-OH is 1. The molecule has 0 heterocycles. The first-order valence-corrected chi connectivity index (χ1v) is 8.91. The van der Waals surface area contributed by atoms with Crippen molar-refractivity contribution in [1.82, 2.24) is 0 Å². The van der Waals surface area contributed by atoms with Crippen molar-refractivity contribution < 1.29 is 28.8 Å². The lowest BCUT2D eigenvalue weighted by atomic mass is 9.97. The number of ether oxygens (including phenoxy) is 4. The summed E-state index contributed by atoms with van der Waals surface area (Å²) < 4.78 is 21.9. The maximum atomic E-state index is 11.5. The van der Waals surface area contributed by atoms with E-state index in [0.29, 0.717) is 28.9 Å². The van der Waals surface area contributed by atoms with Crippen LogP contribution in [0.3, 0.4) is 0 Å². The minimum atomic E-state index is -1.05. The van der Waals surface area contributed by atoms with Crippen LogP contribution in [0.1, 0.15) is 27.6 Å². The van der Waals surface area contributed by atoms with Crippen molar-refractivity contribution in [3.05, 3.63) is 77.4 Å². The molecule has 1 unspecified atom stereocenters. The number of hydrogen-bond acceptors (Lipinski definition) is 6. The molecule has 0 fully saturated rings. The van der Waals surface area contributed by atoms with Crippen molar-refractivity contribution in [3.63, 3.8) is 0 Å². The maximum absolute atomic E-state index is 11.5. The molecule has 3 aromatic rings. The van der Waals surface area contributed by atoms with Gasteiger partial charge in [-0.2, -0.15) is 0 Å². The SMILES string of the molecule is COc1c(C=O)cc(C(O)c2ccc(Oc3ccccc3)cc2)c(OC)c1OC. The highest BCUT2D eigenvalue weighted by molar-refractivity contribution is 5.83. The highest BCUT2D eigenvalue weighted by Crippen LogP contribution is 2.45. The van der Waals surface area contributed by atoms with Crippen LogP contribution < -0.4 is 18.9 Å². The van der Waals surface area contributed by atoms with Crippen LogP contribution in [-0.4, -0.2) is 32.7 Å². The van der Waals surface area contributed by atoms with Crippen molar-refractivity contribution in [3.8, 4) is 28.7 Å². The Bertz CT molecular complexity index is 967. The molecule has 3 rings (SSSR count). The molecule has 0 aliphatic heterocycles. The molecule has 6 nitrogen and oxygen atoms in total. The van der Waals surface area contributed by atoms with Crippen LogP contribution in [0.25, 0.3) is 0 Å². The Hall–Kier alpha value is -3.51. The average molecular weight is 394 g/mol. The maximum Gasteiger partial charge on any atom is 0.204 e. The first kappa shape index (κ1) is 20.2. The number of rotatable bonds is 8. The van der Waals surface area contributed by atoms with Gasteiger partial charge in [-0.05, 0) is 35.9 Å². The topological polar surface area (TPSA) is 74.2 Å². The lowest BCUT2D eigenvalue weighted by molar-refractivity contribution is 0.111. The number of carbonyl (C=O) groups is 1. The summed E-state index contributed by atoms with van der Waals surface area (Å²) in [5.74, 6) is 2.16. The van der Waals surface area contributed by atoms with Gasteiger partial charge in [0.2, 0.25) is 5.75 Å². The zero-order valence-corrected chi connectivity index (χ0v) is 16.4. The molecule has 0 radical (unpaired) electrons. The molecular weight excluding hydrogens is 372 g/mol. The number of aliphatic hydroxyl groups is 1. The summed E-state index contributed by atoms with van der Waals surface area (Å²) >= 11 is 0. The summed E-state index contributed by atoms with van der Waals surface area (Å²) in [5.41, 5.74) is 1.25. The van der Waals surface area contributed by atoms with E-state index in [1.54, 1.807) is 24.3 Å².